The standard InChI is InChI=1S/C18H21N5O2S/c1-23-15(6-8-20-23)16(24)19-10-12-2-4-13(5-3-12)17-21-22-18(25-17)14-7-9-26-11-14/h6-9,11-13H,2-5,10H2,1H3,(H,19,24). The van der Waals surface area contributed by atoms with Gasteiger partial charge in [0, 0.05) is 36.7 Å². The molecule has 7 nitrogen and oxygen atoms in total. The molecule has 1 aliphatic rings. The van der Waals surface area contributed by atoms with Gasteiger partial charge in [0.15, 0.2) is 0 Å². The van der Waals surface area contributed by atoms with Gasteiger partial charge in [-0.15, -0.1) is 10.2 Å². The molecule has 1 amide bonds. The number of carbonyl (C=O) groups is 1. The van der Waals surface area contributed by atoms with Crippen molar-refractivity contribution >= 4 is 17.2 Å². The summed E-state index contributed by atoms with van der Waals surface area (Å²) in [6.07, 6.45) is 5.75. The molecule has 3 aromatic rings. The van der Waals surface area contributed by atoms with Crippen LogP contribution >= 0.6 is 11.3 Å². The predicted octanol–water partition coefficient (Wildman–Crippen LogP) is 3.24. The molecule has 0 spiro atoms. The van der Waals surface area contributed by atoms with Gasteiger partial charge in [0.05, 0.1) is 0 Å². The SMILES string of the molecule is Cn1nccc1C(=O)NCC1CCC(c2nnc(-c3ccsc3)o2)CC1. The third-order valence-electron chi connectivity index (χ3n) is 5.01. The van der Waals surface area contributed by atoms with Crippen molar-refractivity contribution < 1.29 is 9.21 Å². The summed E-state index contributed by atoms with van der Waals surface area (Å²) in [4.78, 5) is 12.2. The summed E-state index contributed by atoms with van der Waals surface area (Å²) >= 11 is 1.62. The molecule has 1 fully saturated rings. The second kappa shape index (κ2) is 7.41. The van der Waals surface area contributed by atoms with Crippen LogP contribution in [-0.4, -0.2) is 32.4 Å². The first-order valence-corrected chi connectivity index (χ1v) is 9.77. The highest BCUT2D eigenvalue weighted by Crippen LogP contribution is 2.36. The van der Waals surface area contributed by atoms with E-state index in [1.54, 1.807) is 35.3 Å². The predicted molar refractivity (Wildman–Crippen MR) is 97.9 cm³/mol. The quantitative estimate of drug-likeness (QED) is 0.744. The van der Waals surface area contributed by atoms with E-state index in [9.17, 15) is 4.79 Å². The monoisotopic (exact) mass is 371 g/mol. The van der Waals surface area contributed by atoms with Crippen LogP contribution in [0.1, 0.15) is 48.0 Å². The summed E-state index contributed by atoms with van der Waals surface area (Å²) in [5.74, 6) is 2.08. The van der Waals surface area contributed by atoms with Crippen molar-refractivity contribution in [2.45, 2.75) is 31.6 Å². The van der Waals surface area contributed by atoms with Gasteiger partial charge in [-0.1, -0.05) is 0 Å². The van der Waals surface area contributed by atoms with Gasteiger partial charge < -0.3 is 9.73 Å². The van der Waals surface area contributed by atoms with E-state index in [0.29, 0.717) is 30.0 Å². The minimum Gasteiger partial charge on any atom is -0.420 e. The summed E-state index contributed by atoms with van der Waals surface area (Å²) in [6.45, 7) is 0.695. The number of hydrogen-bond donors (Lipinski definition) is 1. The summed E-state index contributed by atoms with van der Waals surface area (Å²) in [5.41, 5.74) is 1.57. The Morgan fingerprint density at radius 1 is 1.31 bits per heavy atom. The lowest BCUT2D eigenvalue weighted by Crippen LogP contribution is -2.32. The van der Waals surface area contributed by atoms with E-state index < -0.39 is 0 Å². The minimum atomic E-state index is -0.0653. The number of nitrogens with one attached hydrogen (secondary N) is 1. The average Bonchev–Trinajstić information content (AvgIpc) is 3.40. The van der Waals surface area contributed by atoms with E-state index >= 15 is 0 Å². The molecule has 4 rings (SSSR count). The largest absolute Gasteiger partial charge is 0.420 e. The van der Waals surface area contributed by atoms with Crippen LogP contribution < -0.4 is 5.32 Å². The third kappa shape index (κ3) is 3.55. The number of rotatable bonds is 5. The fraction of sp³-hybridized carbons (Fsp3) is 0.444. The number of carbonyl (C=O) groups excluding carboxylic acids is 1. The minimum absolute atomic E-state index is 0.0653. The van der Waals surface area contributed by atoms with Crippen LogP contribution in [0.2, 0.25) is 0 Å². The van der Waals surface area contributed by atoms with E-state index in [2.05, 4.69) is 20.6 Å². The first kappa shape index (κ1) is 17.0. The van der Waals surface area contributed by atoms with E-state index in [-0.39, 0.29) is 5.91 Å². The van der Waals surface area contributed by atoms with E-state index in [1.165, 1.54) is 0 Å². The van der Waals surface area contributed by atoms with Crippen LogP contribution in [0.25, 0.3) is 11.5 Å². The first-order valence-electron chi connectivity index (χ1n) is 8.83. The Morgan fingerprint density at radius 2 is 2.15 bits per heavy atom. The summed E-state index contributed by atoms with van der Waals surface area (Å²) in [6, 6.07) is 3.72. The molecule has 3 heterocycles. The molecule has 26 heavy (non-hydrogen) atoms. The third-order valence-corrected chi connectivity index (χ3v) is 5.69. The molecule has 1 aliphatic carbocycles. The van der Waals surface area contributed by atoms with E-state index in [4.69, 9.17) is 4.42 Å². The van der Waals surface area contributed by atoms with Crippen molar-refractivity contribution in [1.29, 1.82) is 0 Å². The maximum Gasteiger partial charge on any atom is 0.269 e. The first-order chi connectivity index (χ1) is 12.7. The molecule has 136 valence electrons. The molecule has 1 N–H and O–H groups in total. The maximum absolute atomic E-state index is 12.2. The Hall–Kier alpha value is -2.48. The van der Waals surface area contributed by atoms with Crippen LogP contribution in [0.5, 0.6) is 0 Å². The molecule has 0 unspecified atom stereocenters. The fourth-order valence-electron chi connectivity index (χ4n) is 3.44. The Balaban J connectivity index is 1.28. The second-order valence-corrected chi connectivity index (χ2v) is 7.51. The highest BCUT2D eigenvalue weighted by Gasteiger charge is 2.27. The van der Waals surface area contributed by atoms with Crippen molar-refractivity contribution in [3.05, 3.63) is 40.7 Å². The Labute approximate surface area is 155 Å². The van der Waals surface area contributed by atoms with Crippen molar-refractivity contribution in [2.24, 2.45) is 13.0 Å². The zero-order valence-corrected chi connectivity index (χ0v) is 15.4. The highest BCUT2D eigenvalue weighted by molar-refractivity contribution is 7.08. The average molecular weight is 371 g/mol. The summed E-state index contributed by atoms with van der Waals surface area (Å²) in [7, 11) is 1.77. The molecule has 1 saturated carbocycles. The van der Waals surface area contributed by atoms with Crippen LogP contribution in [0.15, 0.2) is 33.5 Å². The van der Waals surface area contributed by atoms with Gasteiger partial charge in [0.1, 0.15) is 5.69 Å². The zero-order valence-electron chi connectivity index (χ0n) is 14.6. The zero-order chi connectivity index (χ0) is 17.9. The van der Waals surface area contributed by atoms with Gasteiger partial charge in [0.25, 0.3) is 5.91 Å². The van der Waals surface area contributed by atoms with E-state index in [1.807, 2.05) is 16.8 Å². The summed E-state index contributed by atoms with van der Waals surface area (Å²) in [5, 5.41) is 19.5. The fourth-order valence-corrected chi connectivity index (χ4v) is 4.07. The number of aromatic nitrogens is 4. The van der Waals surface area contributed by atoms with Crippen molar-refractivity contribution in [3.8, 4) is 11.5 Å². The second-order valence-electron chi connectivity index (χ2n) is 6.73. The molecular weight excluding hydrogens is 350 g/mol. The van der Waals surface area contributed by atoms with Gasteiger partial charge >= 0.3 is 0 Å². The molecule has 3 aromatic heterocycles. The highest BCUT2D eigenvalue weighted by atomic mass is 32.1. The molecule has 8 heteroatoms. The number of aryl methyl sites for hydroxylation is 1. The molecule has 0 saturated heterocycles. The lowest BCUT2D eigenvalue weighted by Gasteiger charge is -2.26. The van der Waals surface area contributed by atoms with Gasteiger partial charge in [-0.05, 0) is 49.1 Å². The van der Waals surface area contributed by atoms with Crippen molar-refractivity contribution in [1.82, 2.24) is 25.3 Å². The van der Waals surface area contributed by atoms with Crippen LogP contribution in [0, 0.1) is 5.92 Å². The number of amides is 1. The topological polar surface area (TPSA) is 85.8 Å². The van der Waals surface area contributed by atoms with Crippen LogP contribution in [-0.2, 0) is 7.05 Å². The van der Waals surface area contributed by atoms with Gasteiger partial charge in [-0.25, -0.2) is 0 Å². The lowest BCUT2D eigenvalue weighted by atomic mass is 9.82. The Bertz CT molecular complexity index is 862. The maximum atomic E-state index is 12.2. The number of thiophene rings is 1. The van der Waals surface area contributed by atoms with Crippen LogP contribution in [0.3, 0.4) is 0 Å². The Morgan fingerprint density at radius 3 is 2.85 bits per heavy atom. The smallest absolute Gasteiger partial charge is 0.269 e. The number of hydrogen-bond acceptors (Lipinski definition) is 6. The normalized spacial score (nSPS) is 20.2. The van der Waals surface area contributed by atoms with Gasteiger partial charge in [-0.3, -0.25) is 9.48 Å². The molecule has 0 atom stereocenters. The van der Waals surface area contributed by atoms with E-state index in [0.717, 1.165) is 37.1 Å². The molecule has 0 radical (unpaired) electrons. The molecule has 0 aliphatic heterocycles. The van der Waals surface area contributed by atoms with Crippen molar-refractivity contribution in [2.75, 3.05) is 6.54 Å². The lowest BCUT2D eigenvalue weighted by molar-refractivity contribution is 0.0933. The van der Waals surface area contributed by atoms with Gasteiger partial charge in [-0.2, -0.15) is 16.4 Å². The molecule has 0 aromatic carbocycles. The molecular formula is C18H21N5O2S. The van der Waals surface area contributed by atoms with Gasteiger partial charge in [0.2, 0.25) is 11.8 Å². The number of nitrogens with zero attached hydrogens (tertiary/aromatic N) is 4. The van der Waals surface area contributed by atoms with Crippen LogP contribution in [0.4, 0.5) is 0 Å². The van der Waals surface area contributed by atoms with Crippen molar-refractivity contribution in [3.63, 3.8) is 0 Å². The summed E-state index contributed by atoms with van der Waals surface area (Å²) < 4.78 is 7.46. The molecule has 0 bridgehead atoms. The Kier molecular flexibility index (Phi) is 4.83.